The molecule has 0 N–H and O–H groups in total. The van der Waals surface area contributed by atoms with Gasteiger partial charge in [0.15, 0.2) is 0 Å². The summed E-state index contributed by atoms with van der Waals surface area (Å²) in [7, 11) is -2.05. The molecule has 0 spiro atoms. The van der Waals surface area contributed by atoms with E-state index in [0.29, 0.717) is 6.54 Å². The minimum atomic E-state index is -3.53. The van der Waals surface area contributed by atoms with Gasteiger partial charge >= 0.3 is 0 Å². The first-order valence-electron chi connectivity index (χ1n) is 5.61. The maximum atomic E-state index is 12.2. The molecule has 0 aliphatic rings. The predicted molar refractivity (Wildman–Crippen MR) is 66.6 cm³/mol. The van der Waals surface area contributed by atoms with Gasteiger partial charge in [0.05, 0.1) is 18.6 Å². The Labute approximate surface area is 108 Å². The van der Waals surface area contributed by atoms with E-state index in [4.69, 9.17) is 9.68 Å². The van der Waals surface area contributed by atoms with Crippen molar-refractivity contribution in [3.8, 4) is 6.07 Å². The number of furan rings is 1. The Morgan fingerprint density at radius 2 is 2.22 bits per heavy atom. The molecule has 1 rings (SSSR count). The Kier molecular flexibility index (Phi) is 5.34. The molecule has 0 bridgehead atoms. The zero-order valence-corrected chi connectivity index (χ0v) is 11.4. The summed E-state index contributed by atoms with van der Waals surface area (Å²) < 4.78 is 31.9. The van der Waals surface area contributed by atoms with E-state index in [2.05, 4.69) is 0 Å². The van der Waals surface area contributed by atoms with Gasteiger partial charge in [0.1, 0.15) is 0 Å². The summed E-state index contributed by atoms with van der Waals surface area (Å²) in [5.41, 5.74) is 0.800. The number of hydrogen-bond donors (Lipinski definition) is 0. The number of nitrogens with zero attached hydrogens (tertiary/aromatic N) is 3. The molecule has 0 unspecified atom stereocenters. The van der Waals surface area contributed by atoms with Crippen LogP contribution in [-0.4, -0.2) is 37.2 Å². The standard InChI is InChI=1S/C11H17N3O3S/c1-3-14(9-11-5-8-17-10-11)18(15,16)13(2)7-4-6-12/h5,8,10H,3-4,7,9H2,1-2H3. The quantitative estimate of drug-likeness (QED) is 0.746. The minimum Gasteiger partial charge on any atom is -0.472 e. The molecule has 100 valence electrons. The lowest BCUT2D eigenvalue weighted by molar-refractivity contribution is 0.365. The van der Waals surface area contributed by atoms with Crippen molar-refractivity contribution in [3.05, 3.63) is 24.2 Å². The molecule has 0 aromatic carbocycles. The molecular formula is C11H17N3O3S. The SMILES string of the molecule is CCN(Cc1ccoc1)S(=O)(=O)N(C)CCC#N. The van der Waals surface area contributed by atoms with Crippen LogP contribution in [0.25, 0.3) is 0 Å². The summed E-state index contributed by atoms with van der Waals surface area (Å²) in [6.45, 7) is 2.60. The van der Waals surface area contributed by atoms with E-state index in [-0.39, 0.29) is 19.5 Å². The molecule has 0 fully saturated rings. The number of hydrogen-bond acceptors (Lipinski definition) is 4. The van der Waals surface area contributed by atoms with Crippen molar-refractivity contribution in [2.24, 2.45) is 0 Å². The molecule has 6 nitrogen and oxygen atoms in total. The summed E-state index contributed by atoms with van der Waals surface area (Å²) in [5, 5.41) is 8.49. The third-order valence-corrected chi connectivity index (χ3v) is 4.56. The fourth-order valence-corrected chi connectivity index (χ4v) is 2.82. The highest BCUT2D eigenvalue weighted by Crippen LogP contribution is 2.12. The topological polar surface area (TPSA) is 77.6 Å². The lowest BCUT2D eigenvalue weighted by Gasteiger charge is -2.25. The molecule has 0 saturated carbocycles. The molecule has 0 atom stereocenters. The lowest BCUT2D eigenvalue weighted by atomic mass is 10.3. The van der Waals surface area contributed by atoms with Gasteiger partial charge in [-0.05, 0) is 6.07 Å². The van der Waals surface area contributed by atoms with E-state index >= 15 is 0 Å². The van der Waals surface area contributed by atoms with Crippen LogP contribution < -0.4 is 0 Å². The second-order valence-corrected chi connectivity index (χ2v) is 5.83. The molecule has 0 amide bonds. The van der Waals surface area contributed by atoms with E-state index in [1.807, 2.05) is 6.07 Å². The molecule has 1 heterocycles. The zero-order chi connectivity index (χ0) is 13.6. The fourth-order valence-electron chi connectivity index (χ4n) is 1.46. The highest BCUT2D eigenvalue weighted by molar-refractivity contribution is 7.86. The van der Waals surface area contributed by atoms with Gasteiger partial charge in [-0.2, -0.15) is 22.3 Å². The van der Waals surface area contributed by atoms with Crippen LogP contribution in [0.3, 0.4) is 0 Å². The Morgan fingerprint density at radius 3 is 2.72 bits per heavy atom. The predicted octanol–water partition coefficient (Wildman–Crippen LogP) is 1.19. The Bertz CT molecular complexity index is 490. The average Bonchev–Trinajstić information content (AvgIpc) is 2.85. The average molecular weight is 271 g/mol. The number of rotatable bonds is 7. The highest BCUT2D eigenvalue weighted by atomic mass is 32.2. The fraction of sp³-hybridized carbons (Fsp3) is 0.545. The molecular weight excluding hydrogens is 254 g/mol. The molecule has 1 aromatic heterocycles. The Balaban J connectivity index is 2.77. The van der Waals surface area contributed by atoms with Crippen LogP contribution in [0.4, 0.5) is 0 Å². The smallest absolute Gasteiger partial charge is 0.282 e. The van der Waals surface area contributed by atoms with Crippen molar-refractivity contribution in [3.63, 3.8) is 0 Å². The van der Waals surface area contributed by atoms with Crippen LogP contribution in [0.2, 0.25) is 0 Å². The van der Waals surface area contributed by atoms with Gasteiger partial charge in [0, 0.05) is 38.7 Å². The molecule has 18 heavy (non-hydrogen) atoms. The summed E-state index contributed by atoms with van der Waals surface area (Å²) >= 11 is 0. The third kappa shape index (κ3) is 3.57. The van der Waals surface area contributed by atoms with Crippen LogP contribution in [0.1, 0.15) is 18.9 Å². The Morgan fingerprint density at radius 1 is 1.50 bits per heavy atom. The minimum absolute atomic E-state index is 0.180. The van der Waals surface area contributed by atoms with Crippen molar-refractivity contribution < 1.29 is 12.8 Å². The van der Waals surface area contributed by atoms with Gasteiger partial charge in [0.25, 0.3) is 10.2 Å². The van der Waals surface area contributed by atoms with Gasteiger partial charge in [-0.3, -0.25) is 0 Å². The summed E-state index contributed by atoms with van der Waals surface area (Å²) in [6, 6.07) is 3.66. The van der Waals surface area contributed by atoms with Crippen molar-refractivity contribution >= 4 is 10.2 Å². The molecule has 0 radical (unpaired) electrons. The van der Waals surface area contributed by atoms with Gasteiger partial charge in [-0.15, -0.1) is 0 Å². The van der Waals surface area contributed by atoms with Crippen LogP contribution in [-0.2, 0) is 16.8 Å². The number of nitriles is 1. The van der Waals surface area contributed by atoms with E-state index in [1.54, 1.807) is 13.0 Å². The lowest BCUT2D eigenvalue weighted by Crippen LogP contribution is -2.41. The van der Waals surface area contributed by atoms with Crippen molar-refractivity contribution in [2.75, 3.05) is 20.1 Å². The van der Waals surface area contributed by atoms with Crippen LogP contribution >= 0.6 is 0 Å². The first-order valence-corrected chi connectivity index (χ1v) is 7.01. The first kappa shape index (κ1) is 14.7. The van der Waals surface area contributed by atoms with E-state index in [1.165, 1.54) is 28.2 Å². The molecule has 0 aliphatic carbocycles. The van der Waals surface area contributed by atoms with E-state index in [0.717, 1.165) is 5.56 Å². The van der Waals surface area contributed by atoms with Gasteiger partial charge in [0.2, 0.25) is 0 Å². The maximum absolute atomic E-state index is 12.2. The summed E-state index contributed by atoms with van der Waals surface area (Å²) in [5.74, 6) is 0. The van der Waals surface area contributed by atoms with E-state index in [9.17, 15) is 8.42 Å². The summed E-state index contributed by atoms with van der Waals surface area (Å²) in [6.07, 6.45) is 3.21. The van der Waals surface area contributed by atoms with Crippen LogP contribution in [0.5, 0.6) is 0 Å². The summed E-state index contributed by atoms with van der Waals surface area (Å²) in [4.78, 5) is 0. The molecule has 0 saturated heterocycles. The molecule has 0 aliphatic heterocycles. The highest BCUT2D eigenvalue weighted by Gasteiger charge is 2.25. The first-order chi connectivity index (χ1) is 8.52. The van der Waals surface area contributed by atoms with Crippen molar-refractivity contribution in [1.29, 1.82) is 5.26 Å². The van der Waals surface area contributed by atoms with Crippen LogP contribution in [0, 0.1) is 11.3 Å². The zero-order valence-electron chi connectivity index (χ0n) is 10.5. The van der Waals surface area contributed by atoms with Gasteiger partial charge < -0.3 is 4.42 Å². The second kappa shape index (κ2) is 6.54. The van der Waals surface area contributed by atoms with E-state index < -0.39 is 10.2 Å². The van der Waals surface area contributed by atoms with Gasteiger partial charge in [-0.1, -0.05) is 6.92 Å². The third-order valence-electron chi connectivity index (χ3n) is 2.55. The maximum Gasteiger partial charge on any atom is 0.282 e. The normalized spacial score (nSPS) is 11.9. The van der Waals surface area contributed by atoms with Crippen LogP contribution in [0.15, 0.2) is 23.0 Å². The Hall–Kier alpha value is -1.36. The monoisotopic (exact) mass is 271 g/mol. The largest absolute Gasteiger partial charge is 0.472 e. The van der Waals surface area contributed by atoms with Gasteiger partial charge in [-0.25, -0.2) is 0 Å². The second-order valence-electron chi connectivity index (χ2n) is 3.80. The molecule has 7 heteroatoms. The van der Waals surface area contributed by atoms with Crippen molar-refractivity contribution in [1.82, 2.24) is 8.61 Å². The van der Waals surface area contributed by atoms with Crippen molar-refractivity contribution in [2.45, 2.75) is 19.9 Å². The molecule has 1 aromatic rings.